The van der Waals surface area contributed by atoms with E-state index in [1.165, 1.54) is 6.07 Å². The highest BCUT2D eigenvalue weighted by molar-refractivity contribution is 6.33. The SMILES string of the molecule is CCCCOCCCNc1cc(Cl)c([N+](=O)[O-])cc1C. The molecule has 6 heteroatoms. The van der Waals surface area contributed by atoms with Crippen LogP contribution in [0.4, 0.5) is 11.4 Å². The average molecular weight is 301 g/mol. The van der Waals surface area contributed by atoms with Gasteiger partial charge in [-0.1, -0.05) is 24.9 Å². The van der Waals surface area contributed by atoms with Crippen LogP contribution in [0.1, 0.15) is 31.7 Å². The largest absolute Gasteiger partial charge is 0.385 e. The number of hydrogen-bond donors (Lipinski definition) is 1. The Hall–Kier alpha value is -1.33. The van der Waals surface area contributed by atoms with Crippen LogP contribution in [0.5, 0.6) is 0 Å². The Morgan fingerprint density at radius 1 is 1.35 bits per heavy atom. The Morgan fingerprint density at radius 2 is 2.05 bits per heavy atom. The molecule has 112 valence electrons. The van der Waals surface area contributed by atoms with E-state index in [9.17, 15) is 10.1 Å². The van der Waals surface area contributed by atoms with Gasteiger partial charge < -0.3 is 10.1 Å². The van der Waals surface area contributed by atoms with Gasteiger partial charge in [0.15, 0.2) is 0 Å². The first-order valence-electron chi connectivity index (χ1n) is 6.82. The fourth-order valence-electron chi connectivity index (χ4n) is 1.74. The fraction of sp³-hybridized carbons (Fsp3) is 0.571. The number of unbranched alkanes of at least 4 members (excludes halogenated alkanes) is 1. The second-order valence-corrected chi connectivity index (χ2v) is 5.03. The number of halogens is 1. The second-order valence-electron chi connectivity index (χ2n) is 4.62. The third kappa shape index (κ3) is 5.35. The van der Waals surface area contributed by atoms with Crippen LogP contribution in [0.15, 0.2) is 12.1 Å². The minimum Gasteiger partial charge on any atom is -0.385 e. The number of hydrogen-bond acceptors (Lipinski definition) is 4. The molecule has 1 aromatic carbocycles. The van der Waals surface area contributed by atoms with E-state index in [0.29, 0.717) is 6.61 Å². The van der Waals surface area contributed by atoms with Crippen molar-refractivity contribution < 1.29 is 9.66 Å². The topological polar surface area (TPSA) is 64.4 Å². The lowest BCUT2D eigenvalue weighted by molar-refractivity contribution is -0.384. The van der Waals surface area contributed by atoms with Crippen LogP contribution in [0, 0.1) is 17.0 Å². The summed E-state index contributed by atoms with van der Waals surface area (Å²) in [5.41, 5.74) is 1.58. The third-order valence-corrected chi connectivity index (χ3v) is 3.22. The van der Waals surface area contributed by atoms with Crippen LogP contribution in [0.2, 0.25) is 5.02 Å². The van der Waals surface area contributed by atoms with Crippen molar-refractivity contribution in [1.29, 1.82) is 0 Å². The number of ether oxygens (including phenoxy) is 1. The van der Waals surface area contributed by atoms with Gasteiger partial charge in [0.2, 0.25) is 0 Å². The number of rotatable bonds is 9. The highest BCUT2D eigenvalue weighted by atomic mass is 35.5. The van der Waals surface area contributed by atoms with Crippen molar-refractivity contribution in [2.24, 2.45) is 0 Å². The molecule has 0 atom stereocenters. The van der Waals surface area contributed by atoms with Gasteiger partial charge in [0.05, 0.1) is 4.92 Å². The maximum Gasteiger partial charge on any atom is 0.288 e. The molecular formula is C14H21ClN2O3. The molecule has 0 aromatic heterocycles. The van der Waals surface area contributed by atoms with Crippen molar-refractivity contribution in [3.8, 4) is 0 Å². The Bertz CT molecular complexity index is 452. The van der Waals surface area contributed by atoms with E-state index in [4.69, 9.17) is 16.3 Å². The molecular weight excluding hydrogens is 280 g/mol. The minimum absolute atomic E-state index is 0.0578. The Kier molecular flexibility index (Phi) is 7.33. The van der Waals surface area contributed by atoms with Gasteiger partial charge in [-0.2, -0.15) is 0 Å². The summed E-state index contributed by atoms with van der Waals surface area (Å²) in [7, 11) is 0. The number of benzene rings is 1. The van der Waals surface area contributed by atoms with Crippen molar-refractivity contribution in [3.05, 3.63) is 32.8 Å². The molecule has 0 heterocycles. The molecule has 1 rings (SSSR count). The number of nitro groups is 1. The molecule has 0 unspecified atom stereocenters. The summed E-state index contributed by atoms with van der Waals surface area (Å²) in [5.74, 6) is 0. The van der Waals surface area contributed by atoms with Gasteiger partial charge in [0.25, 0.3) is 5.69 Å². The van der Waals surface area contributed by atoms with Gasteiger partial charge in [0, 0.05) is 31.5 Å². The fourth-order valence-corrected chi connectivity index (χ4v) is 1.98. The lowest BCUT2D eigenvalue weighted by Crippen LogP contribution is -2.07. The summed E-state index contributed by atoms with van der Waals surface area (Å²) >= 11 is 5.89. The van der Waals surface area contributed by atoms with Gasteiger partial charge in [0.1, 0.15) is 5.02 Å². The molecule has 0 amide bonds. The summed E-state index contributed by atoms with van der Waals surface area (Å²) in [6.45, 7) is 6.22. The molecule has 0 saturated heterocycles. The van der Waals surface area contributed by atoms with Crippen LogP contribution in [0.3, 0.4) is 0 Å². The minimum atomic E-state index is -0.472. The lowest BCUT2D eigenvalue weighted by Gasteiger charge is -2.10. The monoisotopic (exact) mass is 300 g/mol. The van der Waals surface area contributed by atoms with Gasteiger partial charge in [-0.3, -0.25) is 10.1 Å². The number of nitrogens with one attached hydrogen (secondary N) is 1. The van der Waals surface area contributed by atoms with Gasteiger partial charge >= 0.3 is 0 Å². The molecule has 0 fully saturated rings. The highest BCUT2D eigenvalue weighted by Crippen LogP contribution is 2.30. The zero-order valence-corrected chi connectivity index (χ0v) is 12.7. The normalized spacial score (nSPS) is 10.6. The summed E-state index contributed by atoms with van der Waals surface area (Å²) in [6, 6.07) is 3.09. The molecule has 0 aliphatic rings. The first-order valence-corrected chi connectivity index (χ1v) is 7.20. The number of nitrogens with zero attached hydrogens (tertiary/aromatic N) is 1. The van der Waals surface area contributed by atoms with E-state index in [0.717, 1.165) is 43.7 Å². The maximum absolute atomic E-state index is 10.8. The Morgan fingerprint density at radius 3 is 2.70 bits per heavy atom. The Balaban J connectivity index is 2.41. The van der Waals surface area contributed by atoms with Crippen molar-refractivity contribution in [1.82, 2.24) is 0 Å². The van der Waals surface area contributed by atoms with Crippen molar-refractivity contribution in [2.75, 3.05) is 25.1 Å². The summed E-state index contributed by atoms with van der Waals surface area (Å²) in [5, 5.41) is 14.1. The lowest BCUT2D eigenvalue weighted by atomic mass is 10.1. The van der Waals surface area contributed by atoms with Crippen molar-refractivity contribution in [3.63, 3.8) is 0 Å². The summed E-state index contributed by atoms with van der Waals surface area (Å²) < 4.78 is 5.46. The van der Waals surface area contributed by atoms with Crippen LogP contribution < -0.4 is 5.32 Å². The second kappa shape index (κ2) is 8.76. The van der Waals surface area contributed by atoms with E-state index >= 15 is 0 Å². The van der Waals surface area contributed by atoms with E-state index < -0.39 is 4.92 Å². The predicted molar refractivity (Wildman–Crippen MR) is 81.7 cm³/mol. The summed E-state index contributed by atoms with van der Waals surface area (Å²) in [6.07, 6.45) is 3.11. The molecule has 20 heavy (non-hydrogen) atoms. The molecule has 0 aliphatic carbocycles. The van der Waals surface area contributed by atoms with E-state index in [1.54, 1.807) is 6.07 Å². The summed E-state index contributed by atoms with van der Waals surface area (Å²) in [4.78, 5) is 10.3. The van der Waals surface area contributed by atoms with E-state index in [2.05, 4.69) is 12.2 Å². The van der Waals surface area contributed by atoms with Crippen LogP contribution in [0.25, 0.3) is 0 Å². The molecule has 0 radical (unpaired) electrons. The van der Waals surface area contributed by atoms with Crippen LogP contribution in [-0.4, -0.2) is 24.7 Å². The standard InChI is InChI=1S/C14H21ClN2O3/c1-3-4-7-20-8-5-6-16-13-10-12(15)14(17(18)19)9-11(13)2/h9-10,16H,3-8H2,1-2H3. The van der Waals surface area contributed by atoms with E-state index in [-0.39, 0.29) is 10.7 Å². The maximum atomic E-state index is 10.8. The molecule has 5 nitrogen and oxygen atoms in total. The molecule has 0 bridgehead atoms. The molecule has 1 N–H and O–H groups in total. The molecule has 0 aliphatic heterocycles. The quantitative estimate of drug-likeness (QED) is 0.422. The molecule has 0 spiro atoms. The van der Waals surface area contributed by atoms with Gasteiger partial charge in [-0.15, -0.1) is 0 Å². The first kappa shape index (κ1) is 16.7. The average Bonchev–Trinajstić information content (AvgIpc) is 2.40. The smallest absolute Gasteiger partial charge is 0.288 e. The van der Waals surface area contributed by atoms with Gasteiger partial charge in [-0.05, 0) is 31.4 Å². The van der Waals surface area contributed by atoms with Crippen LogP contribution >= 0.6 is 11.6 Å². The number of aryl methyl sites for hydroxylation is 1. The highest BCUT2D eigenvalue weighted by Gasteiger charge is 2.14. The zero-order valence-electron chi connectivity index (χ0n) is 11.9. The predicted octanol–water partition coefficient (Wildman–Crippen LogP) is 4.18. The zero-order chi connectivity index (χ0) is 15.0. The van der Waals surface area contributed by atoms with Crippen molar-refractivity contribution in [2.45, 2.75) is 33.1 Å². The van der Waals surface area contributed by atoms with Crippen molar-refractivity contribution >= 4 is 23.0 Å². The molecule has 0 saturated carbocycles. The third-order valence-electron chi connectivity index (χ3n) is 2.91. The number of anilines is 1. The molecule has 1 aromatic rings. The number of nitro benzene ring substituents is 1. The van der Waals surface area contributed by atoms with Gasteiger partial charge in [-0.25, -0.2) is 0 Å². The van der Waals surface area contributed by atoms with E-state index in [1.807, 2.05) is 6.92 Å². The Labute approximate surface area is 124 Å². The van der Waals surface area contributed by atoms with Crippen LogP contribution in [-0.2, 0) is 4.74 Å². The first-order chi connectivity index (χ1) is 9.56.